The molecule has 5 heteroatoms. The fourth-order valence-corrected chi connectivity index (χ4v) is 2.86. The highest BCUT2D eigenvalue weighted by Crippen LogP contribution is 2.27. The lowest BCUT2D eigenvalue weighted by Crippen LogP contribution is -2.26. The van der Waals surface area contributed by atoms with E-state index in [2.05, 4.69) is 15.2 Å². The molecule has 0 saturated heterocycles. The molecule has 0 bridgehead atoms. The molecule has 0 unspecified atom stereocenters. The van der Waals surface area contributed by atoms with Crippen LogP contribution in [-0.4, -0.2) is 19.7 Å². The summed E-state index contributed by atoms with van der Waals surface area (Å²) in [5, 5.41) is 6.78. The van der Waals surface area contributed by atoms with E-state index in [1.54, 1.807) is 6.20 Å². The molecule has 100 valence electrons. The Morgan fingerprint density at radius 3 is 2.89 bits per heavy atom. The minimum atomic E-state index is -0.0780. The zero-order chi connectivity index (χ0) is 13.1. The third-order valence-electron chi connectivity index (χ3n) is 3.80. The number of nitrogens with one attached hydrogen (secondary N) is 1. The molecule has 0 spiro atoms. The second kappa shape index (κ2) is 5.38. The molecule has 1 N–H and O–H groups in total. The predicted molar refractivity (Wildman–Crippen MR) is 72.0 cm³/mol. The van der Waals surface area contributed by atoms with Gasteiger partial charge in [0.25, 0.3) is 0 Å². The Bertz CT molecular complexity index is 581. The van der Waals surface area contributed by atoms with E-state index in [-0.39, 0.29) is 5.69 Å². The lowest BCUT2D eigenvalue weighted by molar-refractivity contribution is 0.340. The third-order valence-corrected chi connectivity index (χ3v) is 3.80. The average molecular weight is 258 g/mol. The van der Waals surface area contributed by atoms with Crippen molar-refractivity contribution in [1.82, 2.24) is 19.7 Å². The Labute approximate surface area is 111 Å². The molecule has 0 atom stereocenters. The molecule has 19 heavy (non-hydrogen) atoms. The van der Waals surface area contributed by atoms with Gasteiger partial charge in [-0.25, -0.2) is 9.89 Å². The first-order valence-corrected chi connectivity index (χ1v) is 6.89. The monoisotopic (exact) mass is 258 g/mol. The highest BCUT2D eigenvalue weighted by Gasteiger charge is 2.20. The normalized spacial score (nSPS) is 16.6. The molecule has 0 radical (unpaired) electrons. The van der Waals surface area contributed by atoms with Gasteiger partial charge in [-0.2, -0.15) is 5.10 Å². The van der Waals surface area contributed by atoms with Crippen molar-refractivity contribution >= 4 is 0 Å². The van der Waals surface area contributed by atoms with Crippen LogP contribution in [0.1, 0.15) is 49.5 Å². The Balaban J connectivity index is 1.88. The molecule has 1 fully saturated rings. The predicted octanol–water partition coefficient (Wildman–Crippen LogP) is 2.06. The molecule has 2 heterocycles. The summed E-state index contributed by atoms with van der Waals surface area (Å²) in [5.41, 5.74) is 1.00. The molecule has 0 amide bonds. The van der Waals surface area contributed by atoms with Gasteiger partial charge in [-0.15, -0.1) is 0 Å². The van der Waals surface area contributed by atoms with E-state index < -0.39 is 0 Å². The molecular weight excluding hydrogens is 240 g/mol. The number of H-pyrrole nitrogens is 1. The quantitative estimate of drug-likeness (QED) is 0.916. The third kappa shape index (κ3) is 2.59. The highest BCUT2D eigenvalue weighted by atomic mass is 16.1. The summed E-state index contributed by atoms with van der Waals surface area (Å²) in [5.74, 6) is 0.824. The number of aromatic nitrogens is 4. The van der Waals surface area contributed by atoms with Crippen molar-refractivity contribution in [2.24, 2.45) is 0 Å². The lowest BCUT2D eigenvalue weighted by Gasteiger charge is -2.23. The zero-order valence-electron chi connectivity index (χ0n) is 10.9. The van der Waals surface area contributed by atoms with Crippen LogP contribution < -0.4 is 5.69 Å². The number of pyridine rings is 1. The van der Waals surface area contributed by atoms with Crippen molar-refractivity contribution < 1.29 is 0 Å². The van der Waals surface area contributed by atoms with Gasteiger partial charge in [0.2, 0.25) is 0 Å². The van der Waals surface area contributed by atoms with Crippen LogP contribution in [0.3, 0.4) is 0 Å². The molecule has 1 aliphatic carbocycles. The summed E-state index contributed by atoms with van der Waals surface area (Å²) in [4.78, 5) is 16.1. The smallest absolute Gasteiger partial charge is 0.276 e. The summed E-state index contributed by atoms with van der Waals surface area (Å²) < 4.78 is 1.85. The van der Waals surface area contributed by atoms with Gasteiger partial charge in [-0.05, 0) is 24.5 Å². The van der Waals surface area contributed by atoms with Crippen molar-refractivity contribution in [3.8, 4) is 0 Å². The standard InChI is InChI=1S/C14H18N4O/c19-14-17-16-13(9-11-5-4-8-15-10-11)18(14)12-6-2-1-3-7-12/h4-5,8,10,12H,1-3,6-7,9H2,(H,17,19). The summed E-state index contributed by atoms with van der Waals surface area (Å²) in [6.07, 6.45) is 10.1. The van der Waals surface area contributed by atoms with E-state index >= 15 is 0 Å². The Hall–Kier alpha value is -1.91. The first kappa shape index (κ1) is 12.1. The van der Waals surface area contributed by atoms with Crippen LogP contribution in [0, 0.1) is 0 Å². The molecule has 0 aliphatic heterocycles. The van der Waals surface area contributed by atoms with Crippen LogP contribution >= 0.6 is 0 Å². The Morgan fingerprint density at radius 2 is 2.16 bits per heavy atom. The van der Waals surface area contributed by atoms with Gasteiger partial charge < -0.3 is 0 Å². The number of hydrogen-bond donors (Lipinski definition) is 1. The summed E-state index contributed by atoms with van der Waals surface area (Å²) >= 11 is 0. The van der Waals surface area contributed by atoms with Crippen LogP contribution in [0.4, 0.5) is 0 Å². The fourth-order valence-electron chi connectivity index (χ4n) is 2.86. The molecule has 2 aromatic rings. The van der Waals surface area contributed by atoms with Crippen LogP contribution in [0.15, 0.2) is 29.3 Å². The van der Waals surface area contributed by atoms with Crippen molar-refractivity contribution in [1.29, 1.82) is 0 Å². The SMILES string of the molecule is O=c1[nH]nc(Cc2cccnc2)n1C1CCCCC1. The maximum atomic E-state index is 12.0. The fraction of sp³-hybridized carbons (Fsp3) is 0.500. The lowest BCUT2D eigenvalue weighted by atomic mass is 9.95. The minimum Gasteiger partial charge on any atom is -0.276 e. The van der Waals surface area contributed by atoms with E-state index in [0.29, 0.717) is 12.5 Å². The molecule has 1 aliphatic rings. The first-order valence-electron chi connectivity index (χ1n) is 6.89. The number of aromatic amines is 1. The van der Waals surface area contributed by atoms with E-state index in [9.17, 15) is 4.79 Å². The van der Waals surface area contributed by atoms with Gasteiger partial charge in [0.1, 0.15) is 5.82 Å². The molecule has 3 rings (SSSR count). The Kier molecular flexibility index (Phi) is 3.44. The highest BCUT2D eigenvalue weighted by molar-refractivity contribution is 5.14. The second-order valence-electron chi connectivity index (χ2n) is 5.14. The van der Waals surface area contributed by atoms with Gasteiger partial charge in [0.05, 0.1) is 0 Å². The summed E-state index contributed by atoms with van der Waals surface area (Å²) in [7, 11) is 0. The van der Waals surface area contributed by atoms with E-state index in [1.165, 1.54) is 19.3 Å². The minimum absolute atomic E-state index is 0.0780. The van der Waals surface area contributed by atoms with E-state index in [0.717, 1.165) is 24.2 Å². The van der Waals surface area contributed by atoms with Gasteiger partial charge in [0, 0.05) is 24.9 Å². The van der Waals surface area contributed by atoms with Gasteiger partial charge >= 0.3 is 5.69 Å². The molecule has 1 saturated carbocycles. The number of nitrogens with zero attached hydrogens (tertiary/aromatic N) is 3. The maximum Gasteiger partial charge on any atom is 0.343 e. The van der Waals surface area contributed by atoms with Gasteiger partial charge in [-0.3, -0.25) is 9.55 Å². The average Bonchev–Trinajstić information content (AvgIpc) is 2.82. The second-order valence-corrected chi connectivity index (χ2v) is 5.14. The molecular formula is C14H18N4O. The van der Waals surface area contributed by atoms with Crippen molar-refractivity contribution in [2.45, 2.75) is 44.6 Å². The van der Waals surface area contributed by atoms with Gasteiger partial charge in [-0.1, -0.05) is 25.3 Å². The molecule has 5 nitrogen and oxygen atoms in total. The number of hydrogen-bond acceptors (Lipinski definition) is 3. The topological polar surface area (TPSA) is 63.6 Å². The largest absolute Gasteiger partial charge is 0.343 e. The zero-order valence-corrected chi connectivity index (χ0v) is 10.9. The van der Waals surface area contributed by atoms with Crippen LogP contribution in [0.2, 0.25) is 0 Å². The summed E-state index contributed by atoms with van der Waals surface area (Å²) in [6, 6.07) is 4.23. The summed E-state index contributed by atoms with van der Waals surface area (Å²) in [6.45, 7) is 0. The maximum absolute atomic E-state index is 12.0. The van der Waals surface area contributed by atoms with Crippen LogP contribution in [0.25, 0.3) is 0 Å². The number of rotatable bonds is 3. The van der Waals surface area contributed by atoms with E-state index in [1.807, 2.05) is 22.9 Å². The van der Waals surface area contributed by atoms with E-state index in [4.69, 9.17) is 0 Å². The van der Waals surface area contributed by atoms with Crippen LogP contribution in [-0.2, 0) is 6.42 Å². The van der Waals surface area contributed by atoms with Crippen molar-refractivity contribution in [3.05, 3.63) is 46.4 Å². The molecule has 2 aromatic heterocycles. The molecule has 0 aromatic carbocycles. The van der Waals surface area contributed by atoms with Crippen LogP contribution in [0.5, 0.6) is 0 Å². The Morgan fingerprint density at radius 1 is 1.32 bits per heavy atom. The van der Waals surface area contributed by atoms with Crippen molar-refractivity contribution in [2.75, 3.05) is 0 Å². The first-order chi connectivity index (χ1) is 9.34. The van der Waals surface area contributed by atoms with Crippen molar-refractivity contribution in [3.63, 3.8) is 0 Å². The van der Waals surface area contributed by atoms with Gasteiger partial charge in [0.15, 0.2) is 0 Å².